The van der Waals surface area contributed by atoms with Gasteiger partial charge in [0.05, 0.1) is 42.7 Å². The zero-order chi connectivity index (χ0) is 33.4. The molecule has 46 heavy (non-hydrogen) atoms. The van der Waals surface area contributed by atoms with Gasteiger partial charge in [0.1, 0.15) is 24.2 Å². The molecule has 0 aliphatic carbocycles. The Bertz CT molecular complexity index is 1180. The SMILES string of the molecule is CC1O[C@@H](OC2/C=C/C=C/C=C/C=C/C[C@@H](C)OC(=O)/C=C/C3OC3CC(O)CC3(O)C[C@H](O)C(C(=O)O)C(C2)O3)C(O)[CH][C@H]1O. The van der Waals surface area contributed by atoms with Crippen LogP contribution in [0.25, 0.3) is 0 Å². The van der Waals surface area contributed by atoms with E-state index in [1.165, 1.54) is 12.5 Å². The zero-order valence-electron chi connectivity index (χ0n) is 25.9. The van der Waals surface area contributed by atoms with Crippen LogP contribution in [0, 0.1) is 12.3 Å². The Kier molecular flexibility index (Phi) is 12.9. The van der Waals surface area contributed by atoms with E-state index in [0.717, 1.165) is 0 Å². The highest BCUT2D eigenvalue weighted by atomic mass is 16.7. The van der Waals surface area contributed by atoms with Gasteiger partial charge in [0.25, 0.3) is 0 Å². The minimum atomic E-state index is -2.08. The van der Waals surface area contributed by atoms with Crippen molar-refractivity contribution in [3.63, 3.8) is 0 Å². The Morgan fingerprint density at radius 1 is 0.913 bits per heavy atom. The van der Waals surface area contributed by atoms with E-state index in [4.69, 9.17) is 23.7 Å². The number of allylic oxidation sites excluding steroid dienone is 6. The number of hydrogen-bond acceptors (Lipinski definition) is 12. The molecule has 4 aliphatic heterocycles. The summed E-state index contributed by atoms with van der Waals surface area (Å²) in [4.78, 5) is 24.4. The fourth-order valence-corrected chi connectivity index (χ4v) is 5.76. The third-order valence-electron chi connectivity index (χ3n) is 8.18. The van der Waals surface area contributed by atoms with Crippen molar-refractivity contribution in [1.82, 2.24) is 0 Å². The number of epoxide rings is 1. The van der Waals surface area contributed by atoms with E-state index < -0.39 is 91.3 Å². The lowest BCUT2D eigenvalue weighted by Crippen LogP contribution is -2.56. The molecule has 4 aliphatic rings. The summed E-state index contributed by atoms with van der Waals surface area (Å²) in [5.74, 6) is -5.38. The van der Waals surface area contributed by atoms with E-state index in [1.807, 2.05) is 6.08 Å². The molecule has 13 nitrogen and oxygen atoms in total. The topological polar surface area (TPSA) is 205 Å². The van der Waals surface area contributed by atoms with E-state index in [1.54, 1.807) is 62.5 Å². The molecule has 3 saturated heterocycles. The van der Waals surface area contributed by atoms with E-state index in [-0.39, 0.29) is 25.4 Å². The van der Waals surface area contributed by atoms with Crippen molar-refractivity contribution in [1.29, 1.82) is 0 Å². The highest BCUT2D eigenvalue weighted by Crippen LogP contribution is 2.39. The minimum absolute atomic E-state index is 0.0891. The number of carboxylic acids is 1. The van der Waals surface area contributed by atoms with Gasteiger partial charge in [0.15, 0.2) is 12.1 Å². The lowest BCUT2D eigenvalue weighted by atomic mass is 9.83. The lowest BCUT2D eigenvalue weighted by molar-refractivity contribution is -0.305. The molecule has 0 saturated carbocycles. The highest BCUT2D eigenvalue weighted by molar-refractivity contribution is 5.82. The predicted octanol–water partition coefficient (Wildman–Crippen LogP) is 0.997. The molecule has 0 aromatic rings. The molecule has 3 fully saturated rings. The summed E-state index contributed by atoms with van der Waals surface area (Å²) in [6.45, 7) is 3.38. The van der Waals surface area contributed by atoms with Crippen LogP contribution in [-0.4, -0.2) is 116 Å². The summed E-state index contributed by atoms with van der Waals surface area (Å²) >= 11 is 0. The predicted molar refractivity (Wildman–Crippen MR) is 161 cm³/mol. The van der Waals surface area contributed by atoms with Gasteiger partial charge in [-0.2, -0.15) is 0 Å². The van der Waals surface area contributed by atoms with Gasteiger partial charge < -0.3 is 54.3 Å². The number of aliphatic hydroxyl groups is 5. The van der Waals surface area contributed by atoms with Crippen LogP contribution in [0.1, 0.15) is 46.0 Å². The molecular weight excluding hydrogens is 604 g/mol. The number of aliphatic carboxylic acids is 1. The second kappa shape index (κ2) is 16.4. The first-order valence-corrected chi connectivity index (χ1v) is 15.6. The van der Waals surface area contributed by atoms with Crippen molar-refractivity contribution < 1.29 is 63.9 Å². The maximum atomic E-state index is 12.2. The zero-order valence-corrected chi connectivity index (χ0v) is 25.9. The first-order valence-electron chi connectivity index (χ1n) is 15.6. The van der Waals surface area contributed by atoms with Crippen LogP contribution in [0.5, 0.6) is 0 Å². The van der Waals surface area contributed by atoms with Gasteiger partial charge in [-0.05, 0) is 19.9 Å². The summed E-state index contributed by atoms with van der Waals surface area (Å²) in [6, 6.07) is 0. The number of ether oxygens (including phenoxy) is 5. The Morgan fingerprint density at radius 2 is 1.63 bits per heavy atom. The maximum Gasteiger partial charge on any atom is 0.330 e. The standard InChI is InChI=1S/C33H45O13/c1-19-10-8-6-4-3-5-7-9-11-22(44-32-24(36)16-23(35)20(2)43-32)15-28-30(31(39)40)25(37)18-33(41,46-28)17-21(34)14-27-26(45-27)12-13-29(38)42-19/h3-9,11-13,16,19-28,30,32,34-37,41H,10,14-15,17-18H2,1-2H3,(H,39,40)/b4-3+,7-5+,8-6+,11-9+,13-12+/t19-,20?,21?,22?,23-,24?,25+,26?,27?,28?,30?,32+,33?/m1/s1. The van der Waals surface area contributed by atoms with Crippen LogP contribution < -0.4 is 0 Å². The monoisotopic (exact) mass is 649 g/mol. The molecule has 0 aromatic carbocycles. The summed E-state index contributed by atoms with van der Waals surface area (Å²) in [6.07, 6.45) is 7.29. The molecule has 0 aromatic heterocycles. The van der Waals surface area contributed by atoms with E-state index in [2.05, 4.69) is 0 Å². The van der Waals surface area contributed by atoms with Crippen molar-refractivity contribution in [2.45, 2.75) is 119 Å². The van der Waals surface area contributed by atoms with Gasteiger partial charge in [-0.15, -0.1) is 0 Å². The number of carboxylic acid groups (broad SMARTS) is 1. The molecule has 255 valence electrons. The van der Waals surface area contributed by atoms with E-state index in [9.17, 15) is 40.2 Å². The summed E-state index contributed by atoms with van der Waals surface area (Å²) < 4.78 is 28.5. The number of aliphatic hydroxyl groups excluding tert-OH is 4. The Balaban J connectivity index is 1.57. The van der Waals surface area contributed by atoms with Crippen LogP contribution in [-0.2, 0) is 33.3 Å². The lowest BCUT2D eigenvalue weighted by Gasteiger charge is -2.44. The number of carbonyl (C=O) groups is 2. The molecule has 6 N–H and O–H groups in total. The largest absolute Gasteiger partial charge is 0.481 e. The first kappa shape index (κ1) is 36.1. The van der Waals surface area contributed by atoms with Crippen molar-refractivity contribution in [2.75, 3.05) is 0 Å². The second-order valence-corrected chi connectivity index (χ2v) is 12.2. The van der Waals surface area contributed by atoms with Crippen LogP contribution in [0.15, 0.2) is 60.8 Å². The molecule has 9 unspecified atom stereocenters. The molecule has 13 heteroatoms. The van der Waals surface area contributed by atoms with Crippen LogP contribution in [0.3, 0.4) is 0 Å². The molecule has 2 bridgehead atoms. The first-order chi connectivity index (χ1) is 21.8. The second-order valence-electron chi connectivity index (χ2n) is 12.2. The number of carbonyl (C=O) groups excluding carboxylic acids is 1. The van der Waals surface area contributed by atoms with Gasteiger partial charge in [-0.1, -0.05) is 48.6 Å². The van der Waals surface area contributed by atoms with Crippen molar-refractivity contribution >= 4 is 11.9 Å². The van der Waals surface area contributed by atoms with Crippen molar-refractivity contribution in [2.24, 2.45) is 5.92 Å². The summed E-state index contributed by atoms with van der Waals surface area (Å²) in [7, 11) is 0. The maximum absolute atomic E-state index is 12.2. The van der Waals surface area contributed by atoms with Crippen molar-refractivity contribution in [3.8, 4) is 0 Å². The quantitative estimate of drug-likeness (QED) is 0.187. The molecule has 0 amide bonds. The van der Waals surface area contributed by atoms with Crippen LogP contribution >= 0.6 is 0 Å². The summed E-state index contributed by atoms with van der Waals surface area (Å²) in [5, 5.41) is 63.5. The Hall–Kier alpha value is -2.72. The molecule has 0 spiro atoms. The van der Waals surface area contributed by atoms with Crippen LogP contribution in [0.4, 0.5) is 0 Å². The fourth-order valence-electron chi connectivity index (χ4n) is 5.76. The van der Waals surface area contributed by atoms with E-state index >= 15 is 0 Å². The van der Waals surface area contributed by atoms with Gasteiger partial charge in [-0.25, -0.2) is 4.79 Å². The third-order valence-corrected chi connectivity index (χ3v) is 8.18. The van der Waals surface area contributed by atoms with E-state index in [0.29, 0.717) is 6.42 Å². The van der Waals surface area contributed by atoms with Gasteiger partial charge in [0.2, 0.25) is 0 Å². The smallest absolute Gasteiger partial charge is 0.330 e. The van der Waals surface area contributed by atoms with Gasteiger partial charge in [0, 0.05) is 44.6 Å². The van der Waals surface area contributed by atoms with Crippen LogP contribution in [0.2, 0.25) is 0 Å². The average Bonchev–Trinajstić information content (AvgIpc) is 3.69. The van der Waals surface area contributed by atoms with Gasteiger partial charge in [-0.3, -0.25) is 4.79 Å². The molecule has 4 rings (SSSR count). The Labute approximate surface area is 268 Å². The number of fused-ring (bicyclic) bond motifs is 3. The minimum Gasteiger partial charge on any atom is -0.481 e. The molecule has 1 radical (unpaired) electrons. The Morgan fingerprint density at radius 3 is 2.37 bits per heavy atom. The highest BCUT2D eigenvalue weighted by Gasteiger charge is 2.51. The number of esters is 1. The average molecular weight is 650 g/mol. The number of hydrogen-bond donors (Lipinski definition) is 6. The molecule has 4 heterocycles. The van der Waals surface area contributed by atoms with Gasteiger partial charge >= 0.3 is 11.9 Å². The normalized spacial score (nSPS) is 46.4. The third kappa shape index (κ3) is 10.7. The molecule has 13 atom stereocenters. The number of rotatable bonds is 3. The summed E-state index contributed by atoms with van der Waals surface area (Å²) in [5.41, 5.74) is 0. The van der Waals surface area contributed by atoms with Crippen molar-refractivity contribution in [3.05, 3.63) is 67.2 Å². The number of cyclic esters (lactones) is 1. The molecular formula is C33H45O13. The fraction of sp³-hybridized carbons (Fsp3) is 0.606.